The van der Waals surface area contributed by atoms with Crippen LogP contribution in [0.5, 0.6) is 0 Å². The second-order valence-electron chi connectivity index (χ2n) is 3.32. The smallest absolute Gasteiger partial charge is 0.0721 e. The van der Waals surface area contributed by atoms with Crippen molar-refractivity contribution in [3.8, 4) is 0 Å². The van der Waals surface area contributed by atoms with Crippen molar-refractivity contribution in [2.24, 2.45) is 0 Å². The molecule has 1 rings (SSSR count). The van der Waals surface area contributed by atoms with E-state index in [0.717, 1.165) is 6.54 Å². The van der Waals surface area contributed by atoms with E-state index in [0.29, 0.717) is 16.2 Å². The van der Waals surface area contributed by atoms with E-state index in [1.165, 1.54) is 6.42 Å². The summed E-state index contributed by atoms with van der Waals surface area (Å²) in [6, 6.07) is 0.650. The molecule has 3 heteroatoms. The van der Waals surface area contributed by atoms with Gasteiger partial charge in [0.1, 0.15) is 0 Å². The summed E-state index contributed by atoms with van der Waals surface area (Å²) in [5.41, 5.74) is 0. The van der Waals surface area contributed by atoms with E-state index in [9.17, 15) is 0 Å². The Labute approximate surface area is 82.4 Å². The van der Waals surface area contributed by atoms with Gasteiger partial charge in [0.05, 0.1) is 10.2 Å². The molecule has 0 amide bonds. The number of ether oxygens (including phenoxy) is 1. The van der Waals surface area contributed by atoms with Gasteiger partial charge < -0.3 is 4.74 Å². The number of nitrogens with zero attached hydrogens (tertiary/aromatic N) is 1. The predicted molar refractivity (Wildman–Crippen MR) is 55.1 cm³/mol. The van der Waals surface area contributed by atoms with Gasteiger partial charge in [0, 0.05) is 19.7 Å². The Hall–Kier alpha value is 0.650. The summed E-state index contributed by atoms with van der Waals surface area (Å²) < 4.78 is 5.98. The van der Waals surface area contributed by atoms with Gasteiger partial charge in [-0.25, -0.2) is 0 Å². The van der Waals surface area contributed by atoms with E-state index in [2.05, 4.69) is 41.3 Å². The fourth-order valence-electron chi connectivity index (χ4n) is 1.48. The van der Waals surface area contributed by atoms with Gasteiger partial charge in [-0.15, -0.1) is 0 Å². The summed E-state index contributed by atoms with van der Waals surface area (Å²) in [6.07, 6.45) is 1.63. The molecule has 1 saturated heterocycles. The van der Waals surface area contributed by atoms with Gasteiger partial charge >= 0.3 is 0 Å². The molecule has 2 atom stereocenters. The number of hydrogen-bond donors (Lipinski definition) is 0. The van der Waals surface area contributed by atoms with E-state index < -0.39 is 0 Å². The highest BCUT2D eigenvalue weighted by atomic mass is 127. The standard InChI is InChI=1S/C8H16INO/c1-6(2)10-5-7(11-3)4-8(10)9/h6-8H,4-5H2,1-3H3. The number of methoxy groups -OCH3 is 1. The van der Waals surface area contributed by atoms with E-state index >= 15 is 0 Å². The molecule has 1 aliphatic heterocycles. The minimum absolute atomic E-state index is 0.458. The van der Waals surface area contributed by atoms with Gasteiger partial charge in [-0.2, -0.15) is 0 Å². The molecule has 0 bridgehead atoms. The highest BCUT2D eigenvalue weighted by Gasteiger charge is 2.31. The Bertz CT molecular complexity index is 129. The van der Waals surface area contributed by atoms with Crippen LogP contribution >= 0.6 is 22.6 Å². The maximum atomic E-state index is 5.32. The third-order valence-corrected chi connectivity index (χ3v) is 3.45. The van der Waals surface area contributed by atoms with Crippen molar-refractivity contribution in [3.05, 3.63) is 0 Å². The normalized spacial score (nSPS) is 33.5. The number of likely N-dealkylation sites (tertiary alicyclic amines) is 1. The van der Waals surface area contributed by atoms with E-state index in [4.69, 9.17) is 4.74 Å². The first-order chi connectivity index (χ1) is 5.15. The van der Waals surface area contributed by atoms with Gasteiger partial charge in [0.2, 0.25) is 0 Å². The van der Waals surface area contributed by atoms with Crippen molar-refractivity contribution in [1.82, 2.24) is 4.90 Å². The molecule has 0 aromatic rings. The zero-order valence-electron chi connectivity index (χ0n) is 7.38. The minimum Gasteiger partial charge on any atom is -0.380 e. The molecule has 0 aliphatic carbocycles. The Morgan fingerprint density at radius 2 is 2.18 bits per heavy atom. The van der Waals surface area contributed by atoms with Gasteiger partial charge in [-0.05, 0) is 20.3 Å². The first kappa shape index (κ1) is 9.74. The maximum absolute atomic E-state index is 5.32. The highest BCUT2D eigenvalue weighted by molar-refractivity contribution is 14.1. The summed E-state index contributed by atoms with van der Waals surface area (Å²) >= 11 is 2.49. The SMILES string of the molecule is COC1CC(I)N(C(C)C)C1. The summed E-state index contributed by atoms with van der Waals surface area (Å²) in [6.45, 7) is 5.58. The lowest BCUT2D eigenvalue weighted by atomic mass is 10.3. The van der Waals surface area contributed by atoms with Crippen molar-refractivity contribution in [1.29, 1.82) is 0 Å². The lowest BCUT2D eigenvalue weighted by Gasteiger charge is -2.23. The molecule has 0 aromatic carbocycles. The summed E-state index contributed by atoms with van der Waals surface area (Å²) in [7, 11) is 1.80. The summed E-state index contributed by atoms with van der Waals surface area (Å²) in [4.78, 5) is 2.48. The Morgan fingerprint density at radius 3 is 2.45 bits per heavy atom. The third-order valence-electron chi connectivity index (χ3n) is 2.23. The monoisotopic (exact) mass is 269 g/mol. The number of halogens is 1. The maximum Gasteiger partial charge on any atom is 0.0721 e. The van der Waals surface area contributed by atoms with Crippen LogP contribution in [0.25, 0.3) is 0 Å². The molecule has 11 heavy (non-hydrogen) atoms. The van der Waals surface area contributed by atoms with Crippen LogP contribution in [0.4, 0.5) is 0 Å². The van der Waals surface area contributed by atoms with E-state index in [-0.39, 0.29) is 0 Å². The lowest BCUT2D eigenvalue weighted by molar-refractivity contribution is 0.104. The summed E-state index contributed by atoms with van der Waals surface area (Å²) in [5.74, 6) is 0. The van der Waals surface area contributed by atoms with Crippen molar-refractivity contribution in [2.75, 3.05) is 13.7 Å². The molecule has 0 aromatic heterocycles. The molecule has 0 N–H and O–H groups in total. The Balaban J connectivity index is 2.45. The van der Waals surface area contributed by atoms with Crippen molar-refractivity contribution < 1.29 is 4.74 Å². The number of rotatable bonds is 2. The van der Waals surface area contributed by atoms with Crippen molar-refractivity contribution >= 4 is 22.6 Å². The fourth-order valence-corrected chi connectivity index (χ4v) is 2.92. The van der Waals surface area contributed by atoms with Gasteiger partial charge in [-0.1, -0.05) is 22.6 Å². The molecule has 0 saturated carbocycles. The van der Waals surface area contributed by atoms with E-state index in [1.54, 1.807) is 7.11 Å². The van der Waals surface area contributed by atoms with Crippen molar-refractivity contribution in [2.45, 2.75) is 36.5 Å². The van der Waals surface area contributed by atoms with Crippen LogP contribution in [-0.4, -0.2) is 34.7 Å². The molecular weight excluding hydrogens is 253 g/mol. The van der Waals surface area contributed by atoms with Gasteiger partial charge in [0.15, 0.2) is 0 Å². The topological polar surface area (TPSA) is 12.5 Å². The van der Waals surface area contributed by atoms with Crippen LogP contribution in [0.15, 0.2) is 0 Å². The first-order valence-corrected chi connectivity index (χ1v) is 5.32. The van der Waals surface area contributed by atoms with Crippen LogP contribution in [0.3, 0.4) is 0 Å². The second kappa shape index (κ2) is 4.05. The predicted octanol–water partition coefficient (Wildman–Crippen LogP) is 1.88. The number of alkyl halides is 1. The average Bonchev–Trinajstić information content (AvgIpc) is 2.30. The molecule has 0 radical (unpaired) electrons. The fraction of sp³-hybridized carbons (Fsp3) is 1.00. The molecule has 0 spiro atoms. The van der Waals surface area contributed by atoms with Crippen LogP contribution in [0.1, 0.15) is 20.3 Å². The summed E-state index contributed by atoms with van der Waals surface area (Å²) in [5, 5.41) is 0. The van der Waals surface area contributed by atoms with E-state index in [1.807, 2.05) is 0 Å². The molecule has 2 unspecified atom stereocenters. The van der Waals surface area contributed by atoms with Crippen molar-refractivity contribution in [3.63, 3.8) is 0 Å². The molecule has 66 valence electrons. The Kier molecular flexibility index (Phi) is 3.58. The van der Waals surface area contributed by atoms with Gasteiger partial charge in [-0.3, -0.25) is 4.90 Å². The number of hydrogen-bond acceptors (Lipinski definition) is 2. The largest absolute Gasteiger partial charge is 0.380 e. The molecular formula is C8H16INO. The third kappa shape index (κ3) is 2.29. The minimum atomic E-state index is 0.458. The quantitative estimate of drug-likeness (QED) is 0.431. The van der Waals surface area contributed by atoms with Crippen LogP contribution < -0.4 is 0 Å². The van der Waals surface area contributed by atoms with Gasteiger partial charge in [0.25, 0.3) is 0 Å². The average molecular weight is 269 g/mol. The zero-order valence-corrected chi connectivity index (χ0v) is 9.54. The Morgan fingerprint density at radius 1 is 1.55 bits per heavy atom. The van der Waals surface area contributed by atoms with Crippen LogP contribution in [-0.2, 0) is 4.74 Å². The lowest BCUT2D eigenvalue weighted by Crippen LogP contribution is -2.32. The van der Waals surface area contributed by atoms with Crippen LogP contribution in [0, 0.1) is 0 Å². The molecule has 1 heterocycles. The molecule has 1 aliphatic rings. The first-order valence-electron chi connectivity index (χ1n) is 4.07. The molecule has 1 fully saturated rings. The highest BCUT2D eigenvalue weighted by Crippen LogP contribution is 2.26. The van der Waals surface area contributed by atoms with Crippen LogP contribution in [0.2, 0.25) is 0 Å². The molecule has 2 nitrogen and oxygen atoms in total. The second-order valence-corrected chi connectivity index (χ2v) is 4.76. The zero-order chi connectivity index (χ0) is 8.43.